The quantitative estimate of drug-likeness (QED) is 0.472. The lowest BCUT2D eigenvalue weighted by molar-refractivity contribution is -0.127. The smallest absolute Gasteiger partial charge is 0.251 e. The molecule has 8 nitrogen and oxygen atoms in total. The summed E-state index contributed by atoms with van der Waals surface area (Å²) in [5.74, 6) is -0.608. The molecule has 1 N–H and O–H groups in total. The summed E-state index contributed by atoms with van der Waals surface area (Å²) in [5.41, 5.74) is 1.15. The Kier molecular flexibility index (Phi) is 8.07. The van der Waals surface area contributed by atoms with E-state index in [0.717, 1.165) is 32.1 Å². The van der Waals surface area contributed by atoms with Gasteiger partial charge < -0.3 is 5.32 Å². The first-order chi connectivity index (χ1) is 16.9. The average molecular weight is 499 g/mol. The number of tetrazole rings is 1. The molecule has 2 aromatic carbocycles. The van der Waals surface area contributed by atoms with Crippen LogP contribution in [0.2, 0.25) is 5.02 Å². The first-order valence-corrected chi connectivity index (χ1v) is 12.2. The number of anilines is 1. The van der Waals surface area contributed by atoms with Gasteiger partial charge in [-0.25, -0.2) is 4.39 Å². The minimum Gasteiger partial charge on any atom is -0.352 e. The SMILES string of the molecule is CCC[C@@H](C(=O)NC1CCCC1)N(C(=O)Cn1nnc(-c2ccc(F)cc2)n1)c1ccc(Cl)cc1. The summed E-state index contributed by atoms with van der Waals surface area (Å²) in [6.45, 7) is 1.77. The van der Waals surface area contributed by atoms with E-state index in [1.54, 1.807) is 36.4 Å². The number of benzene rings is 2. The molecular weight excluding hydrogens is 471 g/mol. The molecule has 10 heteroatoms. The largest absolute Gasteiger partial charge is 0.352 e. The monoisotopic (exact) mass is 498 g/mol. The van der Waals surface area contributed by atoms with Gasteiger partial charge in [0.05, 0.1) is 0 Å². The van der Waals surface area contributed by atoms with Crippen LogP contribution in [0.5, 0.6) is 0 Å². The van der Waals surface area contributed by atoms with E-state index in [4.69, 9.17) is 11.6 Å². The minimum atomic E-state index is -0.686. The summed E-state index contributed by atoms with van der Waals surface area (Å²) in [5, 5.41) is 15.9. The van der Waals surface area contributed by atoms with Gasteiger partial charge >= 0.3 is 0 Å². The van der Waals surface area contributed by atoms with Crippen LogP contribution in [-0.4, -0.2) is 44.1 Å². The Morgan fingerprint density at radius 2 is 1.83 bits per heavy atom. The van der Waals surface area contributed by atoms with Crippen LogP contribution in [0, 0.1) is 5.82 Å². The van der Waals surface area contributed by atoms with Gasteiger partial charge in [0.2, 0.25) is 11.7 Å². The Morgan fingerprint density at radius 3 is 2.49 bits per heavy atom. The third-order valence-corrected chi connectivity index (χ3v) is 6.34. The van der Waals surface area contributed by atoms with E-state index in [1.165, 1.54) is 21.8 Å². The van der Waals surface area contributed by atoms with Crippen LogP contribution in [-0.2, 0) is 16.1 Å². The van der Waals surface area contributed by atoms with Crippen molar-refractivity contribution in [2.45, 2.75) is 64.1 Å². The number of carbonyl (C=O) groups excluding carboxylic acids is 2. The molecule has 35 heavy (non-hydrogen) atoms. The van der Waals surface area contributed by atoms with E-state index in [-0.39, 0.29) is 36.0 Å². The fourth-order valence-corrected chi connectivity index (χ4v) is 4.47. The molecule has 0 spiro atoms. The van der Waals surface area contributed by atoms with Crippen molar-refractivity contribution in [1.82, 2.24) is 25.5 Å². The third kappa shape index (κ3) is 6.22. The molecule has 1 aliphatic carbocycles. The molecule has 0 aliphatic heterocycles. The normalized spacial score (nSPS) is 14.6. The molecule has 1 atom stereocenters. The number of halogens is 2. The maximum Gasteiger partial charge on any atom is 0.251 e. The predicted octanol–water partition coefficient (Wildman–Crippen LogP) is 4.39. The van der Waals surface area contributed by atoms with Gasteiger partial charge in [-0.2, -0.15) is 4.80 Å². The number of hydrogen-bond donors (Lipinski definition) is 1. The van der Waals surface area contributed by atoms with Crippen molar-refractivity contribution in [2.24, 2.45) is 0 Å². The second-order valence-corrected chi connectivity index (χ2v) is 9.12. The van der Waals surface area contributed by atoms with Gasteiger partial charge in [0.25, 0.3) is 5.91 Å². The average Bonchev–Trinajstić information content (AvgIpc) is 3.53. The van der Waals surface area contributed by atoms with Gasteiger partial charge in [0, 0.05) is 22.3 Å². The number of rotatable bonds is 9. The Hall–Kier alpha value is -3.33. The van der Waals surface area contributed by atoms with Crippen LogP contribution in [0.4, 0.5) is 10.1 Å². The summed E-state index contributed by atoms with van der Waals surface area (Å²) >= 11 is 6.07. The minimum absolute atomic E-state index is 0.138. The van der Waals surface area contributed by atoms with Gasteiger partial charge in [-0.15, -0.1) is 10.2 Å². The molecule has 1 aliphatic rings. The molecule has 2 amide bonds. The number of nitrogens with one attached hydrogen (secondary N) is 1. The van der Waals surface area contributed by atoms with Crippen molar-refractivity contribution >= 4 is 29.1 Å². The highest BCUT2D eigenvalue weighted by Crippen LogP contribution is 2.24. The molecule has 4 rings (SSSR count). The Balaban J connectivity index is 1.58. The van der Waals surface area contributed by atoms with Crippen LogP contribution in [0.15, 0.2) is 48.5 Å². The number of hydrogen-bond acceptors (Lipinski definition) is 5. The third-order valence-electron chi connectivity index (χ3n) is 6.08. The first kappa shape index (κ1) is 24.8. The van der Waals surface area contributed by atoms with Crippen LogP contribution < -0.4 is 10.2 Å². The van der Waals surface area contributed by atoms with Crippen molar-refractivity contribution in [2.75, 3.05) is 4.90 Å². The maximum atomic E-state index is 13.6. The molecule has 1 aromatic heterocycles. The lowest BCUT2D eigenvalue weighted by Gasteiger charge is -2.31. The fraction of sp³-hybridized carbons (Fsp3) is 0.400. The molecule has 0 unspecified atom stereocenters. The van der Waals surface area contributed by atoms with E-state index in [0.29, 0.717) is 22.7 Å². The number of aromatic nitrogens is 4. The van der Waals surface area contributed by atoms with Crippen LogP contribution in [0.3, 0.4) is 0 Å². The zero-order valence-corrected chi connectivity index (χ0v) is 20.3. The molecule has 0 bridgehead atoms. The van der Waals surface area contributed by atoms with Crippen molar-refractivity contribution in [3.63, 3.8) is 0 Å². The zero-order chi connectivity index (χ0) is 24.8. The second kappa shape index (κ2) is 11.4. The zero-order valence-electron chi connectivity index (χ0n) is 19.5. The topological polar surface area (TPSA) is 93.0 Å². The molecular formula is C25H28ClFN6O2. The van der Waals surface area contributed by atoms with Crippen molar-refractivity contribution in [3.8, 4) is 11.4 Å². The van der Waals surface area contributed by atoms with Gasteiger partial charge in [-0.05, 0) is 73.0 Å². The molecule has 0 saturated heterocycles. The summed E-state index contributed by atoms with van der Waals surface area (Å²) in [7, 11) is 0. The summed E-state index contributed by atoms with van der Waals surface area (Å²) in [4.78, 5) is 29.6. The number of carbonyl (C=O) groups is 2. The molecule has 3 aromatic rings. The van der Waals surface area contributed by atoms with E-state index in [1.807, 2.05) is 6.92 Å². The molecule has 1 heterocycles. The maximum absolute atomic E-state index is 13.6. The predicted molar refractivity (Wildman–Crippen MR) is 131 cm³/mol. The highest BCUT2D eigenvalue weighted by Gasteiger charge is 2.32. The van der Waals surface area contributed by atoms with E-state index >= 15 is 0 Å². The van der Waals surface area contributed by atoms with Crippen LogP contribution in [0.25, 0.3) is 11.4 Å². The van der Waals surface area contributed by atoms with Crippen molar-refractivity contribution < 1.29 is 14.0 Å². The van der Waals surface area contributed by atoms with E-state index in [9.17, 15) is 14.0 Å². The number of amides is 2. The lowest BCUT2D eigenvalue weighted by atomic mass is 10.1. The highest BCUT2D eigenvalue weighted by molar-refractivity contribution is 6.30. The summed E-state index contributed by atoms with van der Waals surface area (Å²) < 4.78 is 13.2. The standard InChI is InChI=1S/C25H28ClFN6O2/c1-2-5-22(25(35)28-20-6-3-4-7-20)33(21-14-10-18(26)11-15-21)23(34)16-32-30-24(29-31-32)17-8-12-19(27)13-9-17/h8-15,20,22H,2-7,16H2,1H3,(H,28,35)/t22-/m0/s1. The number of nitrogens with zero attached hydrogens (tertiary/aromatic N) is 5. The lowest BCUT2D eigenvalue weighted by Crippen LogP contribution is -2.52. The van der Waals surface area contributed by atoms with Gasteiger partial charge in [0.1, 0.15) is 18.4 Å². The van der Waals surface area contributed by atoms with Crippen LogP contribution in [0.1, 0.15) is 45.4 Å². The molecule has 1 fully saturated rings. The molecule has 184 valence electrons. The molecule has 1 saturated carbocycles. The Morgan fingerprint density at radius 1 is 1.14 bits per heavy atom. The summed E-state index contributed by atoms with van der Waals surface area (Å²) in [6, 6.07) is 12.0. The first-order valence-electron chi connectivity index (χ1n) is 11.9. The Labute approximate surface area is 208 Å². The van der Waals surface area contributed by atoms with Gasteiger partial charge in [-0.1, -0.05) is 37.8 Å². The highest BCUT2D eigenvalue weighted by atomic mass is 35.5. The van der Waals surface area contributed by atoms with Gasteiger partial charge in [-0.3, -0.25) is 14.5 Å². The van der Waals surface area contributed by atoms with Crippen molar-refractivity contribution in [3.05, 3.63) is 59.4 Å². The van der Waals surface area contributed by atoms with Crippen molar-refractivity contribution in [1.29, 1.82) is 0 Å². The summed E-state index contributed by atoms with van der Waals surface area (Å²) in [6.07, 6.45) is 5.31. The Bertz CT molecular complexity index is 1150. The molecule has 0 radical (unpaired) electrons. The van der Waals surface area contributed by atoms with Gasteiger partial charge in [0.15, 0.2) is 0 Å². The van der Waals surface area contributed by atoms with E-state index in [2.05, 4.69) is 20.7 Å². The van der Waals surface area contributed by atoms with Crippen LogP contribution >= 0.6 is 11.6 Å². The fourth-order valence-electron chi connectivity index (χ4n) is 4.34. The van der Waals surface area contributed by atoms with E-state index < -0.39 is 6.04 Å². The second-order valence-electron chi connectivity index (χ2n) is 8.68.